The van der Waals surface area contributed by atoms with Crippen molar-refractivity contribution >= 4 is 12.4 Å². The molecule has 2 fully saturated rings. The molecule has 2 aliphatic carbocycles. The summed E-state index contributed by atoms with van der Waals surface area (Å²) in [6, 6.07) is 15.4. The van der Waals surface area contributed by atoms with E-state index in [2.05, 4.69) is 0 Å². The summed E-state index contributed by atoms with van der Waals surface area (Å²) >= 11 is 0. The second kappa shape index (κ2) is 14.0. The van der Waals surface area contributed by atoms with Gasteiger partial charge in [-0.3, -0.25) is 0 Å². The number of hydrogen-bond acceptors (Lipinski definition) is 5. The molecule has 0 N–H and O–H groups in total. The maximum absolute atomic E-state index is 13.9. The zero-order valence-corrected chi connectivity index (χ0v) is 25.2. The van der Waals surface area contributed by atoms with E-state index in [-0.39, 0.29) is 24.5 Å². The van der Waals surface area contributed by atoms with Crippen molar-refractivity contribution in [2.24, 2.45) is 11.8 Å². The van der Waals surface area contributed by atoms with Gasteiger partial charge < -0.3 is 19.0 Å². The molecule has 0 amide bonds. The van der Waals surface area contributed by atoms with Crippen molar-refractivity contribution in [3.8, 4) is 0 Å². The first-order valence-corrected chi connectivity index (χ1v) is 15.3. The number of rotatable bonds is 10. The highest BCUT2D eigenvalue weighted by Gasteiger charge is 2.53. The minimum absolute atomic E-state index is 0.0217. The van der Waals surface area contributed by atoms with Crippen molar-refractivity contribution < 1.29 is 54.5 Å². The molecule has 0 heterocycles. The lowest BCUT2D eigenvalue weighted by molar-refractivity contribution is -0.153. The van der Waals surface area contributed by atoms with Gasteiger partial charge in [-0.15, -0.1) is 0 Å². The van der Waals surface area contributed by atoms with Crippen molar-refractivity contribution in [3.05, 3.63) is 106 Å². The molecular weight excluding hydrogens is 633 g/mol. The second-order valence-electron chi connectivity index (χ2n) is 12.1. The maximum atomic E-state index is 13.9. The Hall–Kier alpha value is -3.93. The zero-order valence-electron chi connectivity index (χ0n) is 25.2. The summed E-state index contributed by atoms with van der Waals surface area (Å²) in [4.78, 5) is 24.4. The van der Waals surface area contributed by atoms with Crippen molar-refractivity contribution in [2.45, 2.75) is 75.1 Å². The second-order valence-corrected chi connectivity index (χ2v) is 12.1. The highest BCUT2D eigenvalue weighted by atomic mass is 19.4. The molecule has 0 saturated heterocycles. The van der Waals surface area contributed by atoms with Gasteiger partial charge in [0.1, 0.15) is 31.4 Å². The first-order valence-electron chi connectivity index (χ1n) is 15.3. The zero-order chi connectivity index (χ0) is 33.8. The summed E-state index contributed by atoms with van der Waals surface area (Å²) in [5.74, 6) is -1.53. The number of halogens is 7. The Bertz CT molecular complexity index is 1490. The average Bonchev–Trinajstić information content (AvgIpc) is 3.70. The number of carbonyl (C=O) groups is 2. The van der Waals surface area contributed by atoms with E-state index in [1.807, 2.05) is 0 Å². The summed E-state index contributed by atoms with van der Waals surface area (Å²) in [5, 5.41) is 0. The smallest absolute Gasteiger partial charge is 0.431 e. The van der Waals surface area contributed by atoms with Crippen LogP contribution < -0.4 is 0 Å². The quantitative estimate of drug-likeness (QED) is 0.123. The van der Waals surface area contributed by atoms with E-state index in [9.17, 15) is 40.3 Å². The molecular formula is C35H33F7O5. The minimum Gasteiger partial charge on any atom is -0.431 e. The topological polar surface area (TPSA) is 61.8 Å². The molecule has 5 nitrogen and oxygen atoms in total. The van der Waals surface area contributed by atoms with Crippen LogP contribution in [-0.2, 0) is 38.0 Å². The van der Waals surface area contributed by atoms with Crippen molar-refractivity contribution in [3.63, 3.8) is 0 Å². The highest BCUT2D eigenvalue weighted by Crippen LogP contribution is 2.56. The Morgan fingerprint density at radius 2 is 1.53 bits per heavy atom. The summed E-state index contributed by atoms with van der Waals surface area (Å²) in [6.45, 7) is -0.938. The molecule has 252 valence electrons. The Morgan fingerprint density at radius 1 is 0.872 bits per heavy atom. The lowest BCUT2D eigenvalue weighted by Crippen LogP contribution is -2.44. The first kappa shape index (κ1) is 34.4. The SMILES string of the molecule is O=CC1CCC(C2(OC(COC(=O)OCc3ccccc3)c3cc(C(F)(F)F)cc(C(F)(F)F)c3)CCCC2c2ccc(F)cc2)C1. The van der Waals surface area contributed by atoms with Gasteiger partial charge in [0.25, 0.3) is 0 Å². The fourth-order valence-corrected chi connectivity index (χ4v) is 6.98. The fourth-order valence-electron chi connectivity index (χ4n) is 6.98. The number of benzene rings is 3. The summed E-state index contributed by atoms with van der Waals surface area (Å²) < 4.78 is 115. The van der Waals surface area contributed by atoms with Gasteiger partial charge in [0, 0.05) is 11.8 Å². The van der Waals surface area contributed by atoms with Crippen LogP contribution in [0.4, 0.5) is 35.5 Å². The van der Waals surface area contributed by atoms with Gasteiger partial charge >= 0.3 is 18.5 Å². The van der Waals surface area contributed by atoms with Gasteiger partial charge in [0.2, 0.25) is 0 Å². The molecule has 5 unspecified atom stereocenters. The van der Waals surface area contributed by atoms with Crippen molar-refractivity contribution in [1.29, 1.82) is 0 Å². The van der Waals surface area contributed by atoms with Gasteiger partial charge in [-0.2, -0.15) is 26.3 Å². The van der Waals surface area contributed by atoms with Crippen LogP contribution >= 0.6 is 0 Å². The van der Waals surface area contributed by atoms with Gasteiger partial charge in [-0.1, -0.05) is 42.5 Å². The Morgan fingerprint density at radius 3 is 2.13 bits per heavy atom. The fraction of sp³-hybridized carbons (Fsp3) is 0.429. The maximum Gasteiger partial charge on any atom is 0.508 e. The Kier molecular flexibility index (Phi) is 10.3. The molecule has 5 rings (SSSR count). The van der Waals surface area contributed by atoms with Gasteiger partial charge in [-0.25, -0.2) is 9.18 Å². The minimum atomic E-state index is -5.12. The standard InChI is InChI=1S/C35H33F7O5/c36-29-12-9-24(10-13-29)30-7-4-14-33(30,26-11-8-23(15-26)19-43)47-31(21-46-32(44)45-20-22-5-2-1-3-6-22)25-16-27(34(37,38)39)18-28(17-25)35(40,41)42/h1-3,5-6,9-10,12-13,16-19,23,26,30-31H,4,7-8,11,14-15,20-21H2. The van der Waals surface area contributed by atoms with Crippen molar-refractivity contribution in [2.75, 3.05) is 6.61 Å². The van der Waals surface area contributed by atoms with Crippen LogP contribution in [0.1, 0.15) is 78.4 Å². The number of hydrogen-bond donors (Lipinski definition) is 0. The van der Waals surface area contributed by atoms with E-state index in [0.29, 0.717) is 61.8 Å². The molecule has 0 aromatic heterocycles. The van der Waals surface area contributed by atoms with Gasteiger partial charge in [0.15, 0.2) is 0 Å². The van der Waals surface area contributed by atoms with E-state index >= 15 is 0 Å². The summed E-state index contributed by atoms with van der Waals surface area (Å²) in [5.41, 5.74) is -3.44. The molecule has 0 aliphatic heterocycles. The number of aldehydes is 1. The summed E-state index contributed by atoms with van der Waals surface area (Å²) in [6.07, 6.45) is -9.25. The van der Waals surface area contributed by atoms with Crippen LogP contribution in [0.2, 0.25) is 0 Å². The van der Waals surface area contributed by atoms with Crippen LogP contribution in [0, 0.1) is 17.7 Å². The molecule has 0 spiro atoms. The van der Waals surface area contributed by atoms with Crippen LogP contribution in [0.25, 0.3) is 0 Å². The van der Waals surface area contributed by atoms with Crippen LogP contribution in [0.5, 0.6) is 0 Å². The molecule has 0 bridgehead atoms. The van der Waals surface area contributed by atoms with Gasteiger partial charge in [0.05, 0.1) is 16.7 Å². The number of alkyl halides is 6. The monoisotopic (exact) mass is 666 g/mol. The largest absolute Gasteiger partial charge is 0.508 e. The van der Waals surface area contributed by atoms with Crippen LogP contribution in [0.3, 0.4) is 0 Å². The molecule has 3 aromatic rings. The predicted octanol–water partition coefficient (Wildman–Crippen LogP) is 9.60. The molecule has 12 heteroatoms. The molecule has 2 saturated carbocycles. The van der Waals surface area contributed by atoms with E-state index < -0.39 is 65.2 Å². The Balaban J connectivity index is 1.54. The third-order valence-electron chi connectivity index (χ3n) is 9.17. The number of ether oxygens (including phenoxy) is 3. The number of carbonyl (C=O) groups excluding carboxylic acids is 2. The third kappa shape index (κ3) is 8.14. The van der Waals surface area contributed by atoms with Gasteiger partial charge in [-0.05, 0) is 91.5 Å². The molecule has 3 aromatic carbocycles. The van der Waals surface area contributed by atoms with E-state index in [4.69, 9.17) is 14.2 Å². The molecule has 2 aliphatic rings. The highest BCUT2D eigenvalue weighted by molar-refractivity contribution is 5.60. The van der Waals surface area contributed by atoms with Crippen LogP contribution in [0.15, 0.2) is 72.8 Å². The molecule has 47 heavy (non-hydrogen) atoms. The average molecular weight is 667 g/mol. The first-order chi connectivity index (χ1) is 22.3. The lowest BCUT2D eigenvalue weighted by Gasteiger charge is -2.44. The molecule has 5 atom stereocenters. The molecule has 0 radical (unpaired) electrons. The van der Waals surface area contributed by atoms with Crippen LogP contribution in [-0.4, -0.2) is 24.6 Å². The van der Waals surface area contributed by atoms with E-state index in [0.717, 1.165) is 6.29 Å². The van der Waals surface area contributed by atoms with E-state index in [1.54, 1.807) is 42.5 Å². The third-order valence-corrected chi connectivity index (χ3v) is 9.17. The predicted molar refractivity (Wildman–Crippen MR) is 155 cm³/mol. The lowest BCUT2D eigenvalue weighted by atomic mass is 9.74. The Labute approximate surface area is 267 Å². The van der Waals surface area contributed by atoms with E-state index in [1.165, 1.54) is 12.1 Å². The normalized spacial score (nSPS) is 23.8. The van der Waals surface area contributed by atoms with Crippen molar-refractivity contribution in [1.82, 2.24) is 0 Å². The summed E-state index contributed by atoms with van der Waals surface area (Å²) in [7, 11) is 0.